The highest BCUT2D eigenvalue weighted by atomic mass is 19.2. The first-order valence-corrected chi connectivity index (χ1v) is 5.48. The van der Waals surface area contributed by atoms with Gasteiger partial charge in [-0.15, -0.1) is 0 Å². The van der Waals surface area contributed by atoms with Gasteiger partial charge in [0.1, 0.15) is 18.3 Å². The third-order valence-corrected chi connectivity index (χ3v) is 3.11. The van der Waals surface area contributed by atoms with Crippen LogP contribution in [0.5, 0.6) is 0 Å². The van der Waals surface area contributed by atoms with Crippen LogP contribution in [0.3, 0.4) is 0 Å². The summed E-state index contributed by atoms with van der Waals surface area (Å²) in [6.45, 7) is 0.497. The molecule has 0 saturated carbocycles. The molecule has 2 heterocycles. The van der Waals surface area contributed by atoms with Gasteiger partial charge in [0.05, 0.1) is 12.3 Å². The number of nitrogens with one attached hydrogen (secondary N) is 2. The van der Waals surface area contributed by atoms with Gasteiger partial charge in [0.15, 0.2) is 0 Å². The topological polar surface area (TPSA) is 136 Å². The largest absolute Gasteiger partial charge is 0.394 e. The van der Waals surface area contributed by atoms with Gasteiger partial charge in [0.25, 0.3) is 11.4 Å². The van der Waals surface area contributed by atoms with E-state index in [0.29, 0.717) is 0 Å². The second kappa shape index (κ2) is 4.53. The van der Waals surface area contributed by atoms with Gasteiger partial charge in [-0.3, -0.25) is 9.78 Å². The summed E-state index contributed by atoms with van der Waals surface area (Å²) in [5.41, 5.74) is -2.59. The van der Waals surface area contributed by atoms with E-state index in [0.717, 1.165) is 0 Å². The van der Waals surface area contributed by atoms with Crippen LogP contribution in [0.4, 0.5) is 4.39 Å². The zero-order valence-corrected chi connectivity index (χ0v) is 9.88. The van der Waals surface area contributed by atoms with Crippen LogP contribution in [-0.2, 0) is 10.6 Å². The van der Waals surface area contributed by atoms with Crippen LogP contribution < -0.4 is 11.2 Å². The molecule has 1 aromatic rings. The maximum absolute atomic E-state index is 14.7. The predicted octanol–water partition coefficient (Wildman–Crippen LogP) is -2.39. The van der Waals surface area contributed by atoms with Gasteiger partial charge in [-0.1, -0.05) is 0 Å². The van der Waals surface area contributed by atoms with Crippen molar-refractivity contribution in [2.24, 2.45) is 0 Å². The molecular formula is C10H13FN2O6. The molecule has 0 aliphatic carbocycles. The van der Waals surface area contributed by atoms with Crippen LogP contribution >= 0.6 is 0 Å². The number of rotatable bonds is 2. The second-order valence-electron chi connectivity index (χ2n) is 4.33. The Labute approximate surface area is 105 Å². The van der Waals surface area contributed by atoms with Crippen molar-refractivity contribution >= 4 is 0 Å². The molecule has 8 nitrogen and oxygen atoms in total. The fraction of sp³-hybridized carbons (Fsp3) is 0.600. The number of hydrogen-bond donors (Lipinski definition) is 5. The van der Waals surface area contributed by atoms with Crippen molar-refractivity contribution < 1.29 is 24.4 Å². The molecule has 2 rings (SSSR count). The number of ether oxygens (including phenoxy) is 1. The summed E-state index contributed by atoms with van der Waals surface area (Å²) in [6.07, 6.45) is -5.08. The van der Waals surface area contributed by atoms with Crippen LogP contribution in [-0.4, -0.2) is 50.2 Å². The maximum atomic E-state index is 14.7. The van der Waals surface area contributed by atoms with Crippen molar-refractivity contribution in [3.63, 3.8) is 0 Å². The highest BCUT2D eigenvalue weighted by Crippen LogP contribution is 2.40. The molecule has 1 aliphatic rings. The van der Waals surface area contributed by atoms with E-state index in [-0.39, 0.29) is 5.56 Å². The van der Waals surface area contributed by atoms with Crippen molar-refractivity contribution in [1.29, 1.82) is 0 Å². The van der Waals surface area contributed by atoms with E-state index in [1.54, 1.807) is 0 Å². The molecule has 1 aliphatic heterocycles. The average molecular weight is 276 g/mol. The fourth-order valence-electron chi connectivity index (χ4n) is 2.02. The van der Waals surface area contributed by atoms with E-state index in [1.165, 1.54) is 6.92 Å². The first-order valence-electron chi connectivity index (χ1n) is 5.48. The molecule has 1 aromatic heterocycles. The first-order chi connectivity index (χ1) is 8.81. The zero-order chi connectivity index (χ0) is 14.4. The Hall–Kier alpha value is -1.55. The number of alkyl halides is 1. The quantitative estimate of drug-likeness (QED) is 0.409. The number of halogens is 1. The Kier molecular flexibility index (Phi) is 3.31. The highest BCUT2D eigenvalue weighted by molar-refractivity contribution is 5.23. The number of H-pyrrole nitrogens is 2. The summed E-state index contributed by atoms with van der Waals surface area (Å²) in [5.74, 6) is -2.97. The molecule has 0 radical (unpaired) electrons. The van der Waals surface area contributed by atoms with Crippen molar-refractivity contribution in [1.82, 2.24) is 9.97 Å². The molecule has 0 bridgehead atoms. The molecule has 1 unspecified atom stereocenters. The van der Waals surface area contributed by atoms with Crippen molar-refractivity contribution in [3.8, 4) is 0 Å². The SMILES string of the molecule is Cc1c(C2(F)O[C@@H](CO)[C@H](O)[C@H]2O)[nH]c(=O)[nH]c1=O. The van der Waals surface area contributed by atoms with Crippen molar-refractivity contribution in [3.05, 3.63) is 32.1 Å². The molecule has 4 atom stereocenters. The molecular weight excluding hydrogens is 263 g/mol. The van der Waals surface area contributed by atoms with Gasteiger partial charge < -0.3 is 25.0 Å². The summed E-state index contributed by atoms with van der Waals surface area (Å²) < 4.78 is 19.4. The summed E-state index contributed by atoms with van der Waals surface area (Å²) >= 11 is 0. The Morgan fingerprint density at radius 3 is 2.53 bits per heavy atom. The third kappa shape index (κ3) is 2.00. The Morgan fingerprint density at radius 2 is 2.00 bits per heavy atom. The summed E-state index contributed by atoms with van der Waals surface area (Å²) in [7, 11) is 0. The number of aromatic nitrogens is 2. The lowest BCUT2D eigenvalue weighted by atomic mass is 10.0. The first kappa shape index (κ1) is 13.9. The molecule has 19 heavy (non-hydrogen) atoms. The fourth-order valence-corrected chi connectivity index (χ4v) is 2.02. The van der Waals surface area contributed by atoms with Gasteiger partial charge in [0, 0.05) is 5.56 Å². The minimum Gasteiger partial charge on any atom is -0.394 e. The van der Waals surface area contributed by atoms with E-state index in [9.17, 15) is 24.2 Å². The average Bonchev–Trinajstić information content (AvgIpc) is 2.59. The number of hydrogen-bond acceptors (Lipinski definition) is 6. The van der Waals surface area contributed by atoms with Crippen molar-refractivity contribution in [2.75, 3.05) is 6.61 Å². The van der Waals surface area contributed by atoms with Crippen LogP contribution in [0.25, 0.3) is 0 Å². The lowest BCUT2D eigenvalue weighted by Gasteiger charge is -2.24. The molecule has 9 heteroatoms. The Bertz CT molecular complexity index is 598. The lowest BCUT2D eigenvalue weighted by molar-refractivity contribution is -0.189. The lowest BCUT2D eigenvalue weighted by Crippen LogP contribution is -2.41. The van der Waals surface area contributed by atoms with E-state index >= 15 is 0 Å². The number of aromatic amines is 2. The molecule has 1 fully saturated rings. The Morgan fingerprint density at radius 1 is 1.37 bits per heavy atom. The molecule has 0 aromatic carbocycles. The minimum atomic E-state index is -2.97. The molecule has 5 N–H and O–H groups in total. The Balaban J connectivity index is 2.58. The summed E-state index contributed by atoms with van der Waals surface area (Å²) in [6, 6.07) is 0. The molecule has 106 valence electrons. The van der Waals surface area contributed by atoms with Gasteiger partial charge >= 0.3 is 5.69 Å². The van der Waals surface area contributed by atoms with Crippen molar-refractivity contribution in [2.45, 2.75) is 31.1 Å². The van der Waals surface area contributed by atoms with E-state index in [2.05, 4.69) is 0 Å². The predicted molar refractivity (Wildman–Crippen MR) is 59.2 cm³/mol. The van der Waals surface area contributed by atoms with Crippen LogP contribution in [0.15, 0.2) is 9.59 Å². The minimum absolute atomic E-state index is 0.202. The second-order valence-corrected chi connectivity index (χ2v) is 4.33. The van der Waals surface area contributed by atoms with Crippen LogP contribution in [0.1, 0.15) is 11.3 Å². The number of aliphatic hydroxyl groups is 3. The van der Waals surface area contributed by atoms with Crippen LogP contribution in [0.2, 0.25) is 0 Å². The molecule has 0 amide bonds. The molecule has 1 saturated heterocycles. The monoisotopic (exact) mass is 276 g/mol. The normalized spacial score (nSPS) is 34.7. The van der Waals surface area contributed by atoms with Crippen LogP contribution in [0, 0.1) is 6.92 Å². The summed E-state index contributed by atoms with van der Waals surface area (Å²) in [4.78, 5) is 26.5. The molecule has 0 spiro atoms. The highest BCUT2D eigenvalue weighted by Gasteiger charge is 2.57. The maximum Gasteiger partial charge on any atom is 0.326 e. The van der Waals surface area contributed by atoms with E-state index < -0.39 is 47.7 Å². The van der Waals surface area contributed by atoms with E-state index in [1.807, 2.05) is 9.97 Å². The van der Waals surface area contributed by atoms with Gasteiger partial charge in [0.2, 0.25) is 0 Å². The summed E-state index contributed by atoms with van der Waals surface area (Å²) in [5, 5.41) is 28.1. The van der Waals surface area contributed by atoms with Gasteiger partial charge in [-0.25, -0.2) is 9.18 Å². The van der Waals surface area contributed by atoms with Gasteiger partial charge in [-0.05, 0) is 6.92 Å². The third-order valence-electron chi connectivity index (χ3n) is 3.11. The van der Waals surface area contributed by atoms with Gasteiger partial charge in [-0.2, -0.15) is 0 Å². The zero-order valence-electron chi connectivity index (χ0n) is 9.88. The standard InChI is InChI=1S/C10H13FN2O6/c1-3-6(12-9(18)13-8(3)17)10(11)7(16)5(15)4(2-14)19-10/h4-5,7,14-16H,2H2,1H3,(H2,12,13,17,18)/t4-,5-,7+,10?/m0/s1. The van der Waals surface area contributed by atoms with E-state index in [4.69, 9.17) is 9.84 Å². The smallest absolute Gasteiger partial charge is 0.326 e. The number of aliphatic hydroxyl groups excluding tert-OH is 3.